The monoisotopic (exact) mass is 413 g/mol. The molecule has 7 heteroatoms. The van der Waals surface area contributed by atoms with Crippen LogP contribution in [-0.4, -0.2) is 34.2 Å². The third-order valence-corrected chi connectivity index (χ3v) is 5.95. The fraction of sp³-hybridized carbons (Fsp3) is 0.0435. The lowest BCUT2D eigenvalue weighted by atomic mass is 10.1. The van der Waals surface area contributed by atoms with Crippen molar-refractivity contribution in [3.8, 4) is 10.6 Å². The number of fused-ring (bicyclic) bond motifs is 2. The highest BCUT2D eigenvalue weighted by atomic mass is 32.1. The van der Waals surface area contributed by atoms with Crippen LogP contribution in [0.4, 0.5) is 5.69 Å². The summed E-state index contributed by atoms with van der Waals surface area (Å²) in [5.41, 5.74) is 3.04. The highest BCUT2D eigenvalue weighted by Crippen LogP contribution is 2.31. The number of hydrogen-bond acceptors (Lipinski definition) is 5. The standard InChI is InChI=1S/C23H15N3O3S/c27-20(13-26-22(28)16-8-1-2-9-17(16)23(26)29)24-15-7-5-6-14(12-15)21-25-18-10-3-4-11-19(18)30-21/h1-12H,13H2,(H,24,27). The van der Waals surface area contributed by atoms with Crippen LogP contribution in [-0.2, 0) is 4.79 Å². The van der Waals surface area contributed by atoms with Crippen LogP contribution in [0.3, 0.4) is 0 Å². The molecule has 0 radical (unpaired) electrons. The topological polar surface area (TPSA) is 79.4 Å². The summed E-state index contributed by atoms with van der Waals surface area (Å²) in [6.45, 7) is -0.336. The number of para-hydroxylation sites is 1. The molecule has 146 valence electrons. The summed E-state index contributed by atoms with van der Waals surface area (Å²) in [5, 5.41) is 3.63. The first-order valence-corrected chi connectivity index (χ1v) is 10.1. The molecule has 1 N–H and O–H groups in total. The minimum atomic E-state index is -0.450. The number of amides is 3. The number of thiazole rings is 1. The van der Waals surface area contributed by atoms with Crippen molar-refractivity contribution < 1.29 is 14.4 Å². The third-order valence-electron chi connectivity index (χ3n) is 4.87. The molecule has 0 fully saturated rings. The van der Waals surface area contributed by atoms with Crippen LogP contribution in [0, 0.1) is 0 Å². The van der Waals surface area contributed by atoms with Crippen LogP contribution < -0.4 is 5.32 Å². The Bertz CT molecular complexity index is 1260. The molecule has 0 aliphatic carbocycles. The largest absolute Gasteiger partial charge is 0.325 e. The van der Waals surface area contributed by atoms with E-state index in [4.69, 9.17) is 0 Å². The third kappa shape index (κ3) is 3.15. The van der Waals surface area contributed by atoms with Gasteiger partial charge in [-0.1, -0.05) is 36.4 Å². The lowest BCUT2D eigenvalue weighted by Crippen LogP contribution is -2.37. The lowest BCUT2D eigenvalue weighted by Gasteiger charge is -2.14. The van der Waals surface area contributed by atoms with Gasteiger partial charge in [0.2, 0.25) is 5.91 Å². The van der Waals surface area contributed by atoms with E-state index in [1.165, 1.54) is 0 Å². The number of hydrogen-bond donors (Lipinski definition) is 1. The maximum atomic E-state index is 12.5. The molecule has 4 aromatic rings. The molecule has 0 saturated carbocycles. The Morgan fingerprint density at radius 2 is 1.60 bits per heavy atom. The molecule has 0 bridgehead atoms. The van der Waals surface area contributed by atoms with Gasteiger partial charge in [-0.25, -0.2) is 4.98 Å². The summed E-state index contributed by atoms with van der Waals surface area (Å²) in [6.07, 6.45) is 0. The van der Waals surface area contributed by atoms with Crippen molar-refractivity contribution in [1.29, 1.82) is 0 Å². The van der Waals surface area contributed by atoms with Crippen molar-refractivity contribution >= 4 is 45.0 Å². The van der Waals surface area contributed by atoms with Gasteiger partial charge in [-0.3, -0.25) is 19.3 Å². The Kier molecular flexibility index (Phi) is 4.37. The second kappa shape index (κ2) is 7.20. The van der Waals surface area contributed by atoms with Gasteiger partial charge < -0.3 is 5.32 Å². The second-order valence-electron chi connectivity index (χ2n) is 6.86. The summed E-state index contributed by atoms with van der Waals surface area (Å²) in [4.78, 5) is 43.0. The first-order chi connectivity index (χ1) is 14.6. The Morgan fingerprint density at radius 1 is 0.900 bits per heavy atom. The summed E-state index contributed by atoms with van der Waals surface area (Å²) in [5.74, 6) is -1.34. The molecule has 5 rings (SSSR count). The molecule has 30 heavy (non-hydrogen) atoms. The van der Waals surface area contributed by atoms with Crippen LogP contribution in [0.25, 0.3) is 20.8 Å². The Morgan fingerprint density at radius 3 is 2.33 bits per heavy atom. The fourth-order valence-corrected chi connectivity index (χ4v) is 4.41. The lowest BCUT2D eigenvalue weighted by molar-refractivity contribution is -0.116. The molecule has 1 aliphatic heterocycles. The van der Waals surface area contributed by atoms with E-state index >= 15 is 0 Å². The van der Waals surface area contributed by atoms with Gasteiger partial charge in [-0.05, 0) is 36.4 Å². The first-order valence-electron chi connectivity index (χ1n) is 9.31. The molecule has 3 aromatic carbocycles. The van der Waals surface area contributed by atoms with Gasteiger partial charge in [0.15, 0.2) is 0 Å². The zero-order chi connectivity index (χ0) is 20.7. The van der Waals surface area contributed by atoms with Crippen molar-refractivity contribution in [2.75, 3.05) is 11.9 Å². The minimum Gasteiger partial charge on any atom is -0.325 e. The minimum absolute atomic E-state index is 0.327. The summed E-state index contributed by atoms with van der Waals surface area (Å²) >= 11 is 1.58. The van der Waals surface area contributed by atoms with Crippen molar-refractivity contribution in [2.24, 2.45) is 0 Å². The van der Waals surface area contributed by atoms with Gasteiger partial charge in [0, 0.05) is 11.3 Å². The van der Waals surface area contributed by atoms with Crippen molar-refractivity contribution in [3.05, 3.63) is 83.9 Å². The van der Waals surface area contributed by atoms with E-state index in [-0.39, 0.29) is 6.54 Å². The second-order valence-corrected chi connectivity index (χ2v) is 7.89. The molecule has 3 amide bonds. The number of imide groups is 1. The van der Waals surface area contributed by atoms with E-state index < -0.39 is 17.7 Å². The van der Waals surface area contributed by atoms with Crippen LogP contribution in [0.2, 0.25) is 0 Å². The maximum Gasteiger partial charge on any atom is 0.262 e. The Balaban J connectivity index is 1.33. The van der Waals surface area contributed by atoms with Crippen LogP contribution in [0.15, 0.2) is 72.8 Å². The van der Waals surface area contributed by atoms with Gasteiger partial charge in [0.05, 0.1) is 21.3 Å². The number of anilines is 1. The van der Waals surface area contributed by atoms with Crippen molar-refractivity contribution in [3.63, 3.8) is 0 Å². The smallest absolute Gasteiger partial charge is 0.262 e. The normalized spacial score (nSPS) is 13.0. The molecule has 1 aliphatic rings. The van der Waals surface area contributed by atoms with E-state index in [0.717, 1.165) is 25.7 Å². The molecule has 6 nitrogen and oxygen atoms in total. The highest BCUT2D eigenvalue weighted by Gasteiger charge is 2.36. The molecule has 2 heterocycles. The fourth-order valence-electron chi connectivity index (χ4n) is 3.45. The highest BCUT2D eigenvalue weighted by molar-refractivity contribution is 7.21. The summed E-state index contributed by atoms with van der Waals surface area (Å²) in [7, 11) is 0. The van der Waals surface area contributed by atoms with Crippen LogP contribution in [0.5, 0.6) is 0 Å². The number of carbonyl (C=O) groups is 3. The van der Waals surface area contributed by atoms with Crippen LogP contribution in [0.1, 0.15) is 20.7 Å². The predicted octanol–water partition coefficient (Wildman–Crippen LogP) is 4.20. The maximum absolute atomic E-state index is 12.5. The number of aromatic nitrogens is 1. The van der Waals surface area contributed by atoms with Crippen LogP contribution >= 0.6 is 11.3 Å². The van der Waals surface area contributed by atoms with Gasteiger partial charge in [0.25, 0.3) is 11.8 Å². The SMILES string of the molecule is O=C(CN1C(=O)c2ccccc2C1=O)Nc1cccc(-c2nc3ccccc3s2)c1. The molecular weight excluding hydrogens is 398 g/mol. The van der Waals surface area contributed by atoms with Gasteiger partial charge in [-0.2, -0.15) is 0 Å². The molecule has 1 aromatic heterocycles. The molecule has 0 saturated heterocycles. The molecule has 0 atom stereocenters. The summed E-state index contributed by atoms with van der Waals surface area (Å²) in [6, 6.07) is 21.8. The Hall–Kier alpha value is -3.84. The summed E-state index contributed by atoms with van der Waals surface area (Å²) < 4.78 is 1.09. The molecular formula is C23H15N3O3S. The van der Waals surface area contributed by atoms with E-state index in [1.807, 2.05) is 42.5 Å². The zero-order valence-corrected chi connectivity index (χ0v) is 16.5. The van der Waals surface area contributed by atoms with E-state index in [2.05, 4.69) is 10.3 Å². The number of benzene rings is 3. The molecule has 0 unspecified atom stereocenters. The Labute approximate surface area is 175 Å². The van der Waals surface area contributed by atoms with Gasteiger partial charge in [0.1, 0.15) is 11.6 Å². The predicted molar refractivity (Wildman–Crippen MR) is 115 cm³/mol. The van der Waals surface area contributed by atoms with E-state index in [9.17, 15) is 14.4 Å². The van der Waals surface area contributed by atoms with Crippen molar-refractivity contribution in [2.45, 2.75) is 0 Å². The van der Waals surface area contributed by atoms with E-state index in [1.54, 1.807) is 41.7 Å². The van der Waals surface area contributed by atoms with Gasteiger partial charge >= 0.3 is 0 Å². The van der Waals surface area contributed by atoms with Crippen molar-refractivity contribution in [1.82, 2.24) is 9.88 Å². The van der Waals surface area contributed by atoms with E-state index in [0.29, 0.717) is 16.8 Å². The zero-order valence-electron chi connectivity index (χ0n) is 15.7. The number of nitrogens with one attached hydrogen (secondary N) is 1. The average Bonchev–Trinajstić information content (AvgIpc) is 3.30. The number of rotatable bonds is 4. The number of nitrogens with zero attached hydrogens (tertiary/aromatic N) is 2. The first kappa shape index (κ1) is 18.2. The van der Waals surface area contributed by atoms with Gasteiger partial charge in [-0.15, -0.1) is 11.3 Å². The molecule has 0 spiro atoms. The number of carbonyl (C=O) groups excluding carboxylic acids is 3. The quantitative estimate of drug-likeness (QED) is 0.509. The average molecular weight is 413 g/mol.